The van der Waals surface area contributed by atoms with Crippen LogP contribution in [-0.4, -0.2) is 253 Å². The van der Waals surface area contributed by atoms with Crippen molar-refractivity contribution in [2.45, 2.75) is 250 Å². The Balaban J connectivity index is 0.000000298. The zero-order valence-electron chi connectivity index (χ0n) is 73.0. The molecule has 2 aliphatic heterocycles. The number of methoxy groups -OCH3 is 2. The van der Waals surface area contributed by atoms with E-state index in [-0.39, 0.29) is 80.3 Å². The van der Waals surface area contributed by atoms with Crippen molar-refractivity contribution < 1.29 is 128 Å². The Morgan fingerprint density at radius 1 is 0.581 bits per heavy atom. The molecule has 694 valence electrons. The number of nitrogens with one attached hydrogen (secondary N) is 7. The Labute approximate surface area is 727 Å². The van der Waals surface area contributed by atoms with Crippen LogP contribution in [0.5, 0.6) is 23.3 Å². The number of likely N-dealkylation sites (tertiary alicyclic amines) is 2. The fraction of sp³-hybridized carbons (Fsp3) is 0.675. The molecular weight excluding hydrogens is 1730 g/mol. The molecule has 0 bridgehead atoms. The van der Waals surface area contributed by atoms with Crippen LogP contribution in [0.4, 0.5) is 35.9 Å². The first-order valence-corrected chi connectivity index (χ1v) is 43.8. The van der Waals surface area contributed by atoms with Crippen LogP contribution in [0.2, 0.25) is 10.0 Å². The molecule has 0 unspecified atom stereocenters. The van der Waals surface area contributed by atoms with Crippen molar-refractivity contribution >= 4 is 113 Å². The van der Waals surface area contributed by atoms with Gasteiger partial charge in [0.2, 0.25) is 46.6 Å². The van der Waals surface area contributed by atoms with Gasteiger partial charge in [-0.25, -0.2) is 37.4 Å². The maximum absolute atomic E-state index is 14.6. The first kappa shape index (κ1) is 101. The molecule has 10 atom stereocenters. The van der Waals surface area contributed by atoms with Crippen molar-refractivity contribution in [3.05, 3.63) is 58.6 Å². The lowest BCUT2D eigenvalue weighted by atomic mass is 9.85. The highest BCUT2D eigenvalue weighted by atomic mass is 35.5. The first-order valence-electron chi connectivity index (χ1n) is 40.2. The Bertz CT molecular complexity index is 4820. The molecule has 4 aliphatic carbocycles. The molecule has 0 spiro atoms. The normalized spacial score (nSPS) is 22.7. The zero-order chi connectivity index (χ0) is 93.0. The Morgan fingerprint density at radius 2 is 0.935 bits per heavy atom. The van der Waals surface area contributed by atoms with Crippen LogP contribution in [0, 0.1) is 22.7 Å². The number of nitrogens with zero attached hydrogens (tertiary/aromatic N) is 5. The summed E-state index contributed by atoms with van der Waals surface area (Å²) in [6.07, 6.45) is -13.2. The summed E-state index contributed by atoms with van der Waals surface area (Å²) in [7, 11) is 1.23. The number of halogens is 8. The van der Waals surface area contributed by atoms with Crippen LogP contribution in [0.3, 0.4) is 0 Å². The van der Waals surface area contributed by atoms with Gasteiger partial charge in [0.1, 0.15) is 72.2 Å². The summed E-state index contributed by atoms with van der Waals surface area (Å²) in [5, 5.41) is 14.2. The lowest BCUT2D eigenvalue weighted by Gasteiger charge is -2.36. The summed E-state index contributed by atoms with van der Waals surface area (Å²) in [5.74, 6) is -5.74. The summed E-state index contributed by atoms with van der Waals surface area (Å²) in [4.78, 5) is 125. The maximum Gasteiger partial charge on any atom is 0.427 e. The molecular formula is C80H114Cl2F6N12O22S2. The van der Waals surface area contributed by atoms with E-state index in [9.17, 15) is 81.5 Å². The minimum absolute atomic E-state index is 0.0640. The number of aromatic nitrogens is 2. The van der Waals surface area contributed by atoms with E-state index < -0.39 is 179 Å². The van der Waals surface area contributed by atoms with Gasteiger partial charge in [-0.1, -0.05) is 104 Å². The SMILES string of the molecule is CC[C@@H]1C[C@]1(NC(=O)[C@@H]1C[C@@H](Oc2cc(OCC(OC)OC)nc3c(Cl)cccc23)CN1C(=O)[C@@H](NC(=O)OC(C)(C)C(F)(F)F)C(C)(C)C)C(=O)NS(=O)(=O)OC1(C)CC1.CC[C@@H]1C[C@]1(NC(=O)[C@@H]1C[C@@H](Oc2cc(OCCN(C)C)nc3c(Cl)cccc23)CN1C(=O)[C@@H](NC(=O)OC(C)(C)C(F)(F)F)C(C)(C)C)C(=O)NS(=O)(=O)OC1(C)CC1.CNC. The van der Waals surface area contributed by atoms with E-state index in [1.54, 1.807) is 112 Å². The highest BCUT2D eigenvalue weighted by Gasteiger charge is 2.65. The van der Waals surface area contributed by atoms with Gasteiger partial charge in [0, 0.05) is 56.5 Å². The number of carbonyl (C=O) groups excluding carboxylic acids is 8. The van der Waals surface area contributed by atoms with E-state index in [4.69, 9.17) is 69.5 Å². The number of para-hydroxylation sites is 2. The molecule has 7 N–H and O–H groups in total. The van der Waals surface area contributed by atoms with Gasteiger partial charge >= 0.3 is 45.1 Å². The monoisotopic (exact) mass is 1840 g/mol. The predicted molar refractivity (Wildman–Crippen MR) is 441 cm³/mol. The Kier molecular flexibility index (Phi) is 31.5. The number of amides is 8. The number of hydrogen-bond acceptors (Lipinski definition) is 26. The predicted octanol–water partition coefficient (Wildman–Crippen LogP) is 9.64. The molecule has 34 nitrogen and oxygen atoms in total. The number of likely N-dealkylation sites (N-methyl/N-ethyl adjacent to an activating group) is 1. The van der Waals surface area contributed by atoms with Crippen molar-refractivity contribution in [2.24, 2.45) is 22.7 Å². The molecule has 44 heteroatoms. The van der Waals surface area contributed by atoms with E-state index in [0.29, 0.717) is 99.6 Å². The Morgan fingerprint density at radius 3 is 1.24 bits per heavy atom. The molecule has 124 heavy (non-hydrogen) atoms. The second-order valence-electron chi connectivity index (χ2n) is 35.6. The third-order valence-electron chi connectivity index (χ3n) is 21.9. The molecule has 4 saturated carbocycles. The fourth-order valence-electron chi connectivity index (χ4n) is 13.7. The van der Waals surface area contributed by atoms with Crippen molar-refractivity contribution in [1.29, 1.82) is 0 Å². The van der Waals surface area contributed by atoms with E-state index in [1.165, 1.54) is 20.3 Å². The summed E-state index contributed by atoms with van der Waals surface area (Å²) in [6, 6.07) is 7.11. The molecule has 6 aliphatic rings. The lowest BCUT2D eigenvalue weighted by Crippen LogP contribution is -2.60. The fourth-order valence-corrected chi connectivity index (χ4v) is 16.4. The molecule has 6 fully saturated rings. The minimum atomic E-state index is -4.95. The number of ether oxygens (including phenoxy) is 8. The lowest BCUT2D eigenvalue weighted by molar-refractivity contribution is -0.244. The van der Waals surface area contributed by atoms with Gasteiger partial charge in [-0.3, -0.25) is 28.8 Å². The topological polar surface area (TPSA) is 417 Å². The smallest absolute Gasteiger partial charge is 0.427 e. The van der Waals surface area contributed by atoms with Crippen LogP contribution in [0.25, 0.3) is 21.8 Å². The van der Waals surface area contributed by atoms with E-state index in [1.807, 2.05) is 42.5 Å². The molecule has 10 rings (SSSR count). The van der Waals surface area contributed by atoms with Gasteiger partial charge in [0.15, 0.2) is 6.29 Å². The third kappa shape index (κ3) is 25.3. The van der Waals surface area contributed by atoms with Gasteiger partial charge in [-0.05, 0) is 155 Å². The molecule has 4 heterocycles. The van der Waals surface area contributed by atoms with Crippen molar-refractivity contribution in [3.63, 3.8) is 0 Å². The molecule has 4 aromatic rings. The first-order chi connectivity index (χ1) is 57.2. The van der Waals surface area contributed by atoms with E-state index in [2.05, 4.69) is 36.6 Å². The highest BCUT2D eigenvalue weighted by molar-refractivity contribution is 7.85. The van der Waals surface area contributed by atoms with Crippen LogP contribution < -0.4 is 55.0 Å². The number of hydrogen-bond donors (Lipinski definition) is 7. The number of alkyl carbamates (subject to hydrolysis) is 2. The van der Waals surface area contributed by atoms with Crippen LogP contribution in [-0.2, 0) is 76.7 Å². The van der Waals surface area contributed by atoms with E-state index in [0.717, 1.165) is 9.80 Å². The summed E-state index contributed by atoms with van der Waals surface area (Å²) >= 11 is 13.1. The number of alkyl halides is 6. The molecule has 2 aromatic carbocycles. The second kappa shape index (κ2) is 38.7. The average molecular weight is 1840 g/mol. The van der Waals surface area contributed by atoms with Crippen LogP contribution in [0.1, 0.15) is 161 Å². The standard InChI is InChI=1S/C39H54ClF3N6O10S.C39H53ClF3N5O12S.C2H7N/c1-10-22-20-38(22,33(52)47-60(54,55)59-37(7)14-15-37)46-31(50)26-18-23(57-27-19-28(56-17-16-48(8)9)44-29-24(27)12-11-13-25(29)40)21-49(26)32(51)30(35(2,3)4)45-34(53)58-36(5,6)39(41,42)43;1-10-21-18-38(21,33(51)47-61(53,54)60-37(7)14-15-37)46-31(49)25-16-22(19-48(25)32(50)30(35(2,3)4)45-34(52)59-36(5,6)39(41,42)43)58-26-17-27(57-20-28(55-8)56-9)44-29-23(26)12-11-13-24(29)40;1-3-2/h11-13,19,22-23,26,30H,10,14-18,20-21H2,1-9H3,(H,45,53)(H,46,50)(H,47,52);11-13,17,21-22,25,28,30H,10,14-16,18-20H2,1-9H3,(H,45,52)(H,46,49)(H,47,51);3H,1-2H3/t22-,23-,26+,30-,38-;21-,22-,25+,30-,38-;/m11./s1. The highest BCUT2D eigenvalue weighted by Crippen LogP contribution is 2.50. The molecule has 2 saturated heterocycles. The van der Waals surface area contributed by atoms with Gasteiger partial charge in [0.05, 0.1) is 45.4 Å². The van der Waals surface area contributed by atoms with Crippen LogP contribution >= 0.6 is 23.2 Å². The zero-order valence-corrected chi connectivity index (χ0v) is 76.1. The quantitative estimate of drug-likeness (QED) is 0.0172. The molecule has 0 radical (unpaired) electrons. The number of fused-ring (bicyclic) bond motifs is 2. The second-order valence-corrected chi connectivity index (χ2v) is 38.9. The third-order valence-corrected chi connectivity index (χ3v) is 24.6. The largest absolute Gasteiger partial charge is 0.488 e. The summed E-state index contributed by atoms with van der Waals surface area (Å²) in [5.41, 5.74) is -12.7. The summed E-state index contributed by atoms with van der Waals surface area (Å²) in [6.45, 7) is 18.8. The number of rotatable bonds is 33. The molecule has 8 amide bonds. The van der Waals surface area contributed by atoms with Gasteiger partial charge in [-0.15, -0.1) is 0 Å². The van der Waals surface area contributed by atoms with Crippen molar-refractivity contribution in [1.82, 2.24) is 60.7 Å². The van der Waals surface area contributed by atoms with Gasteiger partial charge in [0.25, 0.3) is 11.8 Å². The van der Waals surface area contributed by atoms with Crippen LogP contribution in [0.15, 0.2) is 48.5 Å². The van der Waals surface area contributed by atoms with E-state index >= 15 is 0 Å². The Hall–Kier alpha value is -8.36. The van der Waals surface area contributed by atoms with Gasteiger partial charge in [-0.2, -0.15) is 43.2 Å². The maximum atomic E-state index is 14.6. The number of carbonyl (C=O) groups is 8. The van der Waals surface area contributed by atoms with Gasteiger partial charge < -0.3 is 79.2 Å². The number of pyridine rings is 2. The average Bonchev–Trinajstić information content (AvgIpc) is 1.57. The van der Waals surface area contributed by atoms with Crippen molar-refractivity contribution in [2.75, 3.05) is 75.3 Å². The van der Waals surface area contributed by atoms with Crippen molar-refractivity contribution in [3.8, 4) is 23.3 Å². The summed E-state index contributed by atoms with van der Waals surface area (Å²) < 4.78 is 192. The molecule has 2 aromatic heterocycles. The number of benzene rings is 2. The minimum Gasteiger partial charge on any atom is -0.488 e.